The van der Waals surface area contributed by atoms with Crippen molar-refractivity contribution in [2.75, 3.05) is 0 Å². The Kier molecular flexibility index (Phi) is 4.39. The van der Waals surface area contributed by atoms with Crippen LogP contribution in [0.5, 0.6) is 0 Å². The van der Waals surface area contributed by atoms with E-state index in [1.807, 2.05) is 36.4 Å². The van der Waals surface area contributed by atoms with Crippen LogP contribution >= 0.6 is 0 Å². The Hall–Kier alpha value is -2.76. The van der Waals surface area contributed by atoms with Crippen molar-refractivity contribution in [3.8, 4) is 0 Å². The Bertz CT molecular complexity index is 590. The van der Waals surface area contributed by atoms with Gasteiger partial charge in [0.25, 0.3) is 5.91 Å². The van der Waals surface area contributed by atoms with Gasteiger partial charge in [0.1, 0.15) is 5.71 Å². The van der Waals surface area contributed by atoms with E-state index >= 15 is 0 Å². The first-order valence-corrected chi connectivity index (χ1v) is 6.11. The third-order valence-electron chi connectivity index (χ3n) is 2.74. The second kappa shape index (κ2) is 6.42. The van der Waals surface area contributed by atoms with Crippen LogP contribution in [0.3, 0.4) is 0 Å². The minimum atomic E-state index is -0.551. The van der Waals surface area contributed by atoms with Crippen molar-refractivity contribution < 1.29 is 9.59 Å². The highest BCUT2D eigenvalue weighted by atomic mass is 16.2. The van der Waals surface area contributed by atoms with Crippen molar-refractivity contribution in [3.63, 3.8) is 0 Å². The van der Waals surface area contributed by atoms with Gasteiger partial charge in [-0.25, -0.2) is 10.9 Å². The minimum absolute atomic E-state index is 0.138. The van der Waals surface area contributed by atoms with Crippen molar-refractivity contribution in [2.45, 2.75) is 6.92 Å². The molecule has 0 aromatic heterocycles. The average molecular weight is 270 g/mol. The molecule has 1 atom stereocenters. The maximum atomic E-state index is 11.7. The average Bonchev–Trinajstić information content (AvgIpc) is 2.80. The number of rotatable bonds is 4. The zero-order valence-corrected chi connectivity index (χ0v) is 10.9. The number of amides is 2. The molecule has 2 amide bonds. The van der Waals surface area contributed by atoms with Crippen molar-refractivity contribution in [2.24, 2.45) is 16.1 Å². The molecule has 1 aliphatic rings. The summed E-state index contributed by atoms with van der Waals surface area (Å²) < 4.78 is 0. The fourth-order valence-electron chi connectivity index (χ4n) is 1.60. The smallest absolute Gasteiger partial charge is 0.272 e. The summed E-state index contributed by atoms with van der Waals surface area (Å²) in [5.41, 5.74) is 5.74. The number of hydrogen-bond donors (Lipinski definition) is 2. The molecule has 6 heteroatoms. The van der Waals surface area contributed by atoms with Gasteiger partial charge in [0.05, 0.1) is 5.92 Å². The van der Waals surface area contributed by atoms with Crippen molar-refractivity contribution in [1.29, 1.82) is 0 Å². The third kappa shape index (κ3) is 3.38. The molecule has 1 aromatic carbocycles. The molecule has 102 valence electrons. The number of nitrogens with zero attached hydrogens (tertiary/aromatic N) is 2. The van der Waals surface area contributed by atoms with Crippen molar-refractivity contribution >= 4 is 29.8 Å². The van der Waals surface area contributed by atoms with Crippen LogP contribution in [0.1, 0.15) is 12.5 Å². The van der Waals surface area contributed by atoms with E-state index in [-0.39, 0.29) is 11.6 Å². The molecule has 2 N–H and O–H groups in total. The number of hydrogen-bond acceptors (Lipinski definition) is 4. The molecule has 0 bridgehead atoms. The van der Waals surface area contributed by atoms with Crippen LogP contribution in [0, 0.1) is 5.92 Å². The van der Waals surface area contributed by atoms with Crippen LogP contribution in [0.4, 0.5) is 0 Å². The van der Waals surface area contributed by atoms with Crippen molar-refractivity contribution in [3.05, 3.63) is 42.0 Å². The van der Waals surface area contributed by atoms with E-state index in [0.29, 0.717) is 0 Å². The molecular formula is C14H14N4O2. The number of carbonyl (C=O) groups excluding carboxylic acids is 2. The molecule has 1 aromatic rings. The second-order valence-corrected chi connectivity index (χ2v) is 4.18. The predicted molar refractivity (Wildman–Crippen MR) is 76.9 cm³/mol. The third-order valence-corrected chi connectivity index (χ3v) is 2.74. The molecule has 0 spiro atoms. The van der Waals surface area contributed by atoms with Gasteiger partial charge in [-0.15, -0.1) is 0 Å². The van der Waals surface area contributed by atoms with E-state index in [0.717, 1.165) is 5.56 Å². The van der Waals surface area contributed by atoms with Gasteiger partial charge in [-0.2, -0.15) is 10.2 Å². The lowest BCUT2D eigenvalue weighted by Crippen LogP contribution is -2.32. The summed E-state index contributed by atoms with van der Waals surface area (Å²) in [5, 5.41) is 7.42. The zero-order valence-electron chi connectivity index (χ0n) is 10.9. The fraction of sp³-hybridized carbons (Fsp3) is 0.143. The van der Waals surface area contributed by atoms with Crippen LogP contribution in [0.2, 0.25) is 0 Å². The lowest BCUT2D eigenvalue weighted by molar-refractivity contribution is -0.122. The molecule has 0 aliphatic carbocycles. The maximum absolute atomic E-state index is 11.7. The maximum Gasteiger partial charge on any atom is 0.288 e. The van der Waals surface area contributed by atoms with Crippen LogP contribution in [-0.2, 0) is 9.59 Å². The van der Waals surface area contributed by atoms with Gasteiger partial charge < -0.3 is 0 Å². The molecule has 0 saturated carbocycles. The molecule has 0 saturated heterocycles. The molecule has 20 heavy (non-hydrogen) atoms. The number of carbonyl (C=O) groups is 2. The normalized spacial score (nSPS) is 18.4. The highest BCUT2D eigenvalue weighted by Crippen LogP contribution is 2.05. The minimum Gasteiger partial charge on any atom is -0.272 e. The number of allylic oxidation sites excluding steroid dienone is 1. The van der Waals surface area contributed by atoms with E-state index in [9.17, 15) is 9.59 Å². The number of hydrazone groups is 2. The lowest BCUT2D eigenvalue weighted by Gasteiger charge is -2.01. The van der Waals surface area contributed by atoms with Gasteiger partial charge in [0.15, 0.2) is 0 Å². The van der Waals surface area contributed by atoms with Crippen LogP contribution < -0.4 is 10.9 Å². The SMILES string of the molecule is CC1C(=O)NN=C1C(=O)N/N=C\C=C\c1ccccc1. The Morgan fingerprint density at radius 2 is 2.15 bits per heavy atom. The predicted octanol–water partition coefficient (Wildman–Crippen LogP) is 0.924. The van der Waals surface area contributed by atoms with Gasteiger partial charge in [0.2, 0.25) is 5.91 Å². The quantitative estimate of drug-likeness (QED) is 0.630. The van der Waals surface area contributed by atoms with E-state index in [1.165, 1.54) is 6.21 Å². The van der Waals surface area contributed by atoms with Crippen molar-refractivity contribution in [1.82, 2.24) is 10.9 Å². The molecule has 6 nitrogen and oxygen atoms in total. The van der Waals surface area contributed by atoms with E-state index in [4.69, 9.17) is 0 Å². The van der Waals surface area contributed by atoms with Gasteiger partial charge >= 0.3 is 0 Å². The number of benzene rings is 1. The standard InChI is InChI=1S/C14H14N4O2/c1-10-12(16-18-13(10)19)14(20)17-15-9-5-8-11-6-3-2-4-7-11/h2-10H,1H3,(H,17,20)(H,18,19)/b8-5+,15-9-. The van der Waals surface area contributed by atoms with E-state index in [1.54, 1.807) is 13.0 Å². The molecule has 2 rings (SSSR count). The summed E-state index contributed by atoms with van der Waals surface area (Å²) in [6.07, 6.45) is 5.02. The molecule has 1 unspecified atom stereocenters. The Morgan fingerprint density at radius 1 is 1.40 bits per heavy atom. The summed E-state index contributed by atoms with van der Waals surface area (Å²) in [5.74, 6) is -1.33. The first kappa shape index (κ1) is 13.7. The second-order valence-electron chi connectivity index (χ2n) is 4.18. The highest BCUT2D eigenvalue weighted by molar-refractivity contribution is 6.44. The van der Waals surface area contributed by atoms with Gasteiger partial charge in [-0.3, -0.25) is 9.59 Å². The summed E-state index contributed by atoms with van der Waals surface area (Å²) >= 11 is 0. The summed E-state index contributed by atoms with van der Waals surface area (Å²) in [6, 6.07) is 9.71. The van der Waals surface area contributed by atoms with E-state index in [2.05, 4.69) is 21.1 Å². The first-order chi connectivity index (χ1) is 9.68. The molecule has 0 radical (unpaired) electrons. The summed E-state index contributed by atoms with van der Waals surface area (Å²) in [4.78, 5) is 22.8. The van der Waals surface area contributed by atoms with Crippen LogP contribution in [-0.4, -0.2) is 23.7 Å². The highest BCUT2D eigenvalue weighted by Gasteiger charge is 2.30. The summed E-state index contributed by atoms with van der Waals surface area (Å²) in [6.45, 7) is 1.61. The lowest BCUT2D eigenvalue weighted by atomic mass is 10.1. The van der Waals surface area contributed by atoms with Gasteiger partial charge in [0, 0.05) is 6.21 Å². The largest absolute Gasteiger partial charge is 0.288 e. The molecular weight excluding hydrogens is 256 g/mol. The van der Waals surface area contributed by atoms with Crippen LogP contribution in [0.15, 0.2) is 46.6 Å². The Balaban J connectivity index is 1.84. The first-order valence-electron chi connectivity index (χ1n) is 6.11. The number of nitrogens with one attached hydrogen (secondary N) is 2. The van der Waals surface area contributed by atoms with Crippen LogP contribution in [0.25, 0.3) is 6.08 Å². The van der Waals surface area contributed by atoms with Gasteiger partial charge in [-0.05, 0) is 18.6 Å². The Morgan fingerprint density at radius 3 is 2.80 bits per heavy atom. The van der Waals surface area contributed by atoms with E-state index < -0.39 is 11.8 Å². The molecule has 0 fully saturated rings. The topological polar surface area (TPSA) is 82.9 Å². The fourth-order valence-corrected chi connectivity index (χ4v) is 1.60. The molecule has 1 aliphatic heterocycles. The Labute approximate surface area is 116 Å². The molecule has 1 heterocycles. The van der Waals surface area contributed by atoms with Gasteiger partial charge in [-0.1, -0.05) is 36.4 Å². The zero-order chi connectivity index (χ0) is 14.4. The monoisotopic (exact) mass is 270 g/mol. The summed E-state index contributed by atoms with van der Waals surface area (Å²) in [7, 11) is 0.